The lowest BCUT2D eigenvalue weighted by molar-refractivity contribution is 0.0657. The van der Waals surface area contributed by atoms with Crippen molar-refractivity contribution < 1.29 is 0 Å². The summed E-state index contributed by atoms with van der Waals surface area (Å²) >= 11 is 0. The van der Waals surface area contributed by atoms with Crippen molar-refractivity contribution in [2.45, 2.75) is 84.2 Å². The van der Waals surface area contributed by atoms with Gasteiger partial charge in [0, 0.05) is 12.1 Å². The largest absolute Gasteiger partial charge is 0.312 e. The number of hydrogen-bond donors (Lipinski definition) is 1. The molecule has 0 aromatic rings. The van der Waals surface area contributed by atoms with Crippen LogP contribution in [0.25, 0.3) is 0 Å². The number of hydrogen-bond acceptors (Lipinski definition) is 2. The van der Waals surface area contributed by atoms with Crippen molar-refractivity contribution in [1.82, 2.24) is 10.2 Å². The fourth-order valence-electron chi connectivity index (χ4n) is 4.23. The Balaban J connectivity index is 1.93. The molecule has 1 aliphatic carbocycles. The monoisotopic (exact) mass is 280 g/mol. The highest BCUT2D eigenvalue weighted by Crippen LogP contribution is 2.33. The minimum absolute atomic E-state index is 0.761. The summed E-state index contributed by atoms with van der Waals surface area (Å²) in [4.78, 5) is 2.83. The summed E-state index contributed by atoms with van der Waals surface area (Å²) in [6.45, 7) is 10.9. The Labute approximate surface area is 126 Å². The van der Waals surface area contributed by atoms with E-state index in [1.165, 1.54) is 71.0 Å². The average molecular weight is 280 g/mol. The molecule has 2 heteroatoms. The van der Waals surface area contributed by atoms with Gasteiger partial charge in [-0.3, -0.25) is 4.90 Å². The molecule has 3 atom stereocenters. The summed E-state index contributed by atoms with van der Waals surface area (Å²) in [5.74, 6) is 1.94. The summed E-state index contributed by atoms with van der Waals surface area (Å²) in [6.07, 6.45) is 11.2. The Morgan fingerprint density at radius 3 is 2.40 bits per heavy atom. The molecule has 1 aliphatic heterocycles. The van der Waals surface area contributed by atoms with E-state index in [2.05, 4.69) is 31.0 Å². The van der Waals surface area contributed by atoms with Gasteiger partial charge in [0.2, 0.25) is 0 Å². The molecule has 1 saturated carbocycles. The Bertz CT molecular complexity index is 253. The smallest absolute Gasteiger partial charge is 0.0251 e. The lowest BCUT2D eigenvalue weighted by Crippen LogP contribution is -2.55. The summed E-state index contributed by atoms with van der Waals surface area (Å²) < 4.78 is 0. The van der Waals surface area contributed by atoms with Crippen LogP contribution < -0.4 is 5.32 Å². The zero-order valence-electron chi connectivity index (χ0n) is 14.0. The van der Waals surface area contributed by atoms with Crippen LogP contribution in [0.15, 0.2) is 0 Å². The quantitative estimate of drug-likeness (QED) is 0.789. The minimum Gasteiger partial charge on any atom is -0.312 e. The number of rotatable bonds is 6. The number of nitrogens with zero attached hydrogens (tertiary/aromatic N) is 1. The molecule has 0 aromatic heterocycles. The molecule has 0 radical (unpaired) electrons. The number of piperidine rings is 1. The maximum absolute atomic E-state index is 3.85. The third-order valence-corrected chi connectivity index (χ3v) is 5.57. The summed E-state index contributed by atoms with van der Waals surface area (Å²) in [7, 11) is 0. The maximum atomic E-state index is 3.85. The molecule has 2 nitrogen and oxygen atoms in total. The number of likely N-dealkylation sites (tertiary alicyclic amines) is 1. The van der Waals surface area contributed by atoms with Gasteiger partial charge in [-0.1, -0.05) is 33.6 Å². The van der Waals surface area contributed by atoms with Crippen LogP contribution in [0.5, 0.6) is 0 Å². The van der Waals surface area contributed by atoms with Crippen molar-refractivity contribution in [3.8, 4) is 0 Å². The van der Waals surface area contributed by atoms with Crippen molar-refractivity contribution in [2.24, 2.45) is 11.8 Å². The predicted octanol–water partition coefficient (Wildman–Crippen LogP) is 4.06. The summed E-state index contributed by atoms with van der Waals surface area (Å²) in [5, 5.41) is 3.85. The van der Waals surface area contributed by atoms with Crippen molar-refractivity contribution in [3.63, 3.8) is 0 Å². The Kier molecular flexibility index (Phi) is 6.83. The van der Waals surface area contributed by atoms with Gasteiger partial charge < -0.3 is 5.32 Å². The second kappa shape index (κ2) is 8.38. The zero-order chi connectivity index (χ0) is 14.4. The number of nitrogens with one attached hydrogen (secondary N) is 1. The fraction of sp³-hybridized carbons (Fsp3) is 1.00. The van der Waals surface area contributed by atoms with E-state index in [0.717, 1.165) is 23.9 Å². The van der Waals surface area contributed by atoms with Crippen LogP contribution >= 0.6 is 0 Å². The maximum Gasteiger partial charge on any atom is 0.0251 e. The molecule has 118 valence electrons. The van der Waals surface area contributed by atoms with Gasteiger partial charge in [0.25, 0.3) is 0 Å². The van der Waals surface area contributed by atoms with Gasteiger partial charge in [-0.05, 0) is 70.0 Å². The van der Waals surface area contributed by atoms with E-state index in [1.54, 1.807) is 0 Å². The van der Waals surface area contributed by atoms with E-state index in [4.69, 9.17) is 0 Å². The first-order valence-electron chi connectivity index (χ1n) is 9.22. The second-order valence-electron chi connectivity index (χ2n) is 7.31. The third kappa shape index (κ3) is 4.46. The van der Waals surface area contributed by atoms with Crippen molar-refractivity contribution in [1.29, 1.82) is 0 Å². The molecule has 0 amide bonds. The van der Waals surface area contributed by atoms with E-state index in [1.807, 2.05) is 0 Å². The van der Waals surface area contributed by atoms with E-state index >= 15 is 0 Å². The lowest BCUT2D eigenvalue weighted by atomic mass is 9.78. The van der Waals surface area contributed by atoms with Crippen LogP contribution in [0.1, 0.15) is 72.1 Å². The molecule has 1 heterocycles. The van der Waals surface area contributed by atoms with Gasteiger partial charge in [-0.15, -0.1) is 0 Å². The molecule has 2 rings (SSSR count). The molecular weight excluding hydrogens is 244 g/mol. The first kappa shape index (κ1) is 16.3. The molecule has 2 fully saturated rings. The molecule has 0 bridgehead atoms. The van der Waals surface area contributed by atoms with E-state index in [0.29, 0.717) is 0 Å². The Morgan fingerprint density at radius 2 is 1.75 bits per heavy atom. The Hall–Kier alpha value is -0.0800. The van der Waals surface area contributed by atoms with Gasteiger partial charge >= 0.3 is 0 Å². The fourth-order valence-corrected chi connectivity index (χ4v) is 4.23. The molecule has 3 unspecified atom stereocenters. The molecule has 20 heavy (non-hydrogen) atoms. The second-order valence-corrected chi connectivity index (χ2v) is 7.31. The zero-order valence-corrected chi connectivity index (χ0v) is 14.0. The van der Waals surface area contributed by atoms with Gasteiger partial charge in [0.1, 0.15) is 0 Å². The van der Waals surface area contributed by atoms with Crippen LogP contribution in [0.4, 0.5) is 0 Å². The standard InChI is InChI=1S/C18H36N2/c1-4-6-16-7-8-17(19-11-5-2)18(14-16)20-12-9-15(3)10-13-20/h15-19H,4-14H2,1-3H3. The normalized spacial score (nSPS) is 33.5. The van der Waals surface area contributed by atoms with Crippen LogP contribution in [0.3, 0.4) is 0 Å². The van der Waals surface area contributed by atoms with Crippen molar-refractivity contribution >= 4 is 0 Å². The molecule has 1 N–H and O–H groups in total. The average Bonchev–Trinajstić information content (AvgIpc) is 2.47. The van der Waals surface area contributed by atoms with Crippen LogP contribution in [-0.2, 0) is 0 Å². The first-order chi connectivity index (χ1) is 9.74. The van der Waals surface area contributed by atoms with Crippen LogP contribution in [0.2, 0.25) is 0 Å². The first-order valence-corrected chi connectivity index (χ1v) is 9.22. The van der Waals surface area contributed by atoms with Crippen molar-refractivity contribution in [2.75, 3.05) is 19.6 Å². The van der Waals surface area contributed by atoms with Crippen molar-refractivity contribution in [3.05, 3.63) is 0 Å². The van der Waals surface area contributed by atoms with Gasteiger partial charge in [0.15, 0.2) is 0 Å². The van der Waals surface area contributed by atoms with Crippen LogP contribution in [-0.4, -0.2) is 36.6 Å². The highest BCUT2D eigenvalue weighted by atomic mass is 15.2. The Morgan fingerprint density at radius 1 is 1.00 bits per heavy atom. The molecule has 2 aliphatic rings. The van der Waals surface area contributed by atoms with Gasteiger partial charge in [-0.2, -0.15) is 0 Å². The molecule has 0 spiro atoms. The third-order valence-electron chi connectivity index (χ3n) is 5.57. The summed E-state index contributed by atoms with van der Waals surface area (Å²) in [5.41, 5.74) is 0. The molecule has 0 aromatic carbocycles. The SMILES string of the molecule is CCCNC1CCC(CCC)CC1N1CCC(C)CC1. The highest BCUT2D eigenvalue weighted by Gasteiger charge is 2.34. The van der Waals surface area contributed by atoms with Gasteiger partial charge in [0.05, 0.1) is 0 Å². The van der Waals surface area contributed by atoms with Gasteiger partial charge in [-0.25, -0.2) is 0 Å². The minimum atomic E-state index is 0.761. The van der Waals surface area contributed by atoms with E-state index < -0.39 is 0 Å². The van der Waals surface area contributed by atoms with E-state index in [-0.39, 0.29) is 0 Å². The predicted molar refractivity (Wildman–Crippen MR) is 88.1 cm³/mol. The topological polar surface area (TPSA) is 15.3 Å². The van der Waals surface area contributed by atoms with E-state index in [9.17, 15) is 0 Å². The molecule has 1 saturated heterocycles. The molecular formula is C18H36N2. The van der Waals surface area contributed by atoms with Crippen LogP contribution in [0, 0.1) is 11.8 Å². The lowest BCUT2D eigenvalue weighted by Gasteiger charge is -2.45. The summed E-state index contributed by atoms with van der Waals surface area (Å²) in [6, 6.07) is 1.58. The highest BCUT2D eigenvalue weighted by molar-refractivity contribution is 4.92.